The van der Waals surface area contributed by atoms with Gasteiger partial charge in [0, 0.05) is 29.3 Å². The summed E-state index contributed by atoms with van der Waals surface area (Å²) < 4.78 is 27.3. The first-order chi connectivity index (χ1) is 10.2. The van der Waals surface area contributed by atoms with Crippen LogP contribution in [0.15, 0.2) is 47.4 Å². The maximum absolute atomic E-state index is 13.6. The van der Waals surface area contributed by atoms with Crippen molar-refractivity contribution in [1.82, 2.24) is 5.32 Å². The molecule has 0 bridgehead atoms. The van der Waals surface area contributed by atoms with Crippen LogP contribution in [0.2, 0.25) is 0 Å². The van der Waals surface area contributed by atoms with Crippen molar-refractivity contribution in [3.8, 4) is 6.07 Å². The molecule has 0 spiro atoms. The molecule has 2 nitrogen and oxygen atoms in total. The summed E-state index contributed by atoms with van der Waals surface area (Å²) in [6, 6.07) is 13.8. The van der Waals surface area contributed by atoms with Gasteiger partial charge in [0.25, 0.3) is 0 Å². The fourth-order valence-corrected chi connectivity index (χ4v) is 2.64. The van der Waals surface area contributed by atoms with Gasteiger partial charge in [-0.15, -0.1) is 11.8 Å². The lowest BCUT2D eigenvalue weighted by Gasteiger charge is -2.07. The van der Waals surface area contributed by atoms with Crippen LogP contribution < -0.4 is 5.32 Å². The molecule has 0 saturated carbocycles. The molecule has 2 rings (SSSR count). The topological polar surface area (TPSA) is 35.8 Å². The number of hydrogen-bond acceptors (Lipinski definition) is 3. The summed E-state index contributed by atoms with van der Waals surface area (Å²) in [5.74, 6) is -0.562. The van der Waals surface area contributed by atoms with E-state index in [9.17, 15) is 8.78 Å². The number of hydrogen-bond donors (Lipinski definition) is 1. The van der Waals surface area contributed by atoms with Gasteiger partial charge in [-0.1, -0.05) is 18.2 Å². The lowest BCUT2D eigenvalue weighted by Crippen LogP contribution is -2.18. The van der Waals surface area contributed by atoms with Gasteiger partial charge in [0.2, 0.25) is 0 Å². The molecule has 1 N–H and O–H groups in total. The molecule has 0 saturated heterocycles. The minimum Gasteiger partial charge on any atom is -0.312 e. The van der Waals surface area contributed by atoms with Gasteiger partial charge in [0.1, 0.15) is 11.6 Å². The summed E-state index contributed by atoms with van der Waals surface area (Å²) >= 11 is 1.68. The quantitative estimate of drug-likeness (QED) is 0.652. The second kappa shape index (κ2) is 7.77. The molecule has 0 radical (unpaired) electrons. The van der Waals surface area contributed by atoms with E-state index in [1.165, 1.54) is 0 Å². The van der Waals surface area contributed by atoms with Crippen molar-refractivity contribution in [2.45, 2.75) is 11.4 Å². The third-order valence-electron chi connectivity index (χ3n) is 2.86. The normalized spacial score (nSPS) is 10.3. The number of halogens is 2. The Hall–Kier alpha value is -1.90. The van der Waals surface area contributed by atoms with Crippen molar-refractivity contribution < 1.29 is 8.78 Å². The molecule has 5 heteroatoms. The average molecular weight is 304 g/mol. The second-order valence-corrected chi connectivity index (χ2v) is 5.54. The lowest BCUT2D eigenvalue weighted by atomic mass is 10.1. The van der Waals surface area contributed by atoms with Crippen LogP contribution in [0.4, 0.5) is 8.78 Å². The van der Waals surface area contributed by atoms with E-state index in [0.717, 1.165) is 22.8 Å². The van der Waals surface area contributed by atoms with E-state index in [4.69, 9.17) is 5.26 Å². The summed E-state index contributed by atoms with van der Waals surface area (Å²) in [5.41, 5.74) is -0.0351. The molecule has 21 heavy (non-hydrogen) atoms. The van der Waals surface area contributed by atoms with Gasteiger partial charge in [-0.3, -0.25) is 0 Å². The Morgan fingerprint density at radius 2 is 1.76 bits per heavy atom. The molecule has 0 aliphatic rings. The highest BCUT2D eigenvalue weighted by molar-refractivity contribution is 7.99. The molecule has 0 aromatic heterocycles. The van der Waals surface area contributed by atoms with Gasteiger partial charge in [0.05, 0.1) is 11.6 Å². The number of thioether (sulfide) groups is 1. The Labute approximate surface area is 126 Å². The fourth-order valence-electron chi connectivity index (χ4n) is 1.81. The molecule has 108 valence electrons. The van der Waals surface area contributed by atoms with Crippen LogP contribution in [-0.2, 0) is 6.54 Å². The molecule has 0 heterocycles. The van der Waals surface area contributed by atoms with Crippen molar-refractivity contribution in [3.05, 3.63) is 65.2 Å². The van der Waals surface area contributed by atoms with Gasteiger partial charge in [0.15, 0.2) is 0 Å². The molecule has 0 aliphatic carbocycles. The number of nitriles is 1. The van der Waals surface area contributed by atoms with E-state index >= 15 is 0 Å². The smallest absolute Gasteiger partial charge is 0.131 e. The predicted octanol–water partition coefficient (Wildman–Crippen LogP) is 3.72. The lowest BCUT2D eigenvalue weighted by molar-refractivity contribution is 0.539. The first kappa shape index (κ1) is 15.5. The van der Waals surface area contributed by atoms with Crippen LogP contribution in [0.3, 0.4) is 0 Å². The Bertz CT molecular complexity index is 615. The summed E-state index contributed by atoms with van der Waals surface area (Å²) in [5, 5.41) is 11.6. The first-order valence-electron chi connectivity index (χ1n) is 6.47. The third-order valence-corrected chi connectivity index (χ3v) is 3.88. The fraction of sp³-hybridized carbons (Fsp3) is 0.188. The summed E-state index contributed by atoms with van der Waals surface area (Å²) in [4.78, 5) is 1.16. The molecule has 2 aromatic rings. The standard InChI is InChI=1S/C16H14F2N2S/c17-15-8-12(10-19)9-16(18)14(15)11-20-6-7-21-13-4-2-1-3-5-13/h1-5,8-9,20H,6-7,11H2. The Morgan fingerprint density at radius 1 is 1.10 bits per heavy atom. The van der Waals surface area contributed by atoms with Crippen LogP contribution in [0.1, 0.15) is 11.1 Å². The minimum absolute atomic E-state index is 0.00613. The molecule has 2 aromatic carbocycles. The van der Waals surface area contributed by atoms with Crippen LogP contribution >= 0.6 is 11.8 Å². The Balaban J connectivity index is 1.80. The second-order valence-electron chi connectivity index (χ2n) is 4.37. The average Bonchev–Trinajstić information content (AvgIpc) is 2.50. The van der Waals surface area contributed by atoms with Gasteiger partial charge in [-0.2, -0.15) is 5.26 Å². The number of rotatable bonds is 6. The van der Waals surface area contributed by atoms with Crippen molar-refractivity contribution in [2.24, 2.45) is 0 Å². The molecule has 0 atom stereocenters. The molecule has 0 unspecified atom stereocenters. The number of nitrogens with one attached hydrogen (secondary N) is 1. The Morgan fingerprint density at radius 3 is 2.38 bits per heavy atom. The highest BCUT2D eigenvalue weighted by atomic mass is 32.2. The summed E-state index contributed by atoms with van der Waals surface area (Å²) in [7, 11) is 0. The van der Waals surface area contributed by atoms with Gasteiger partial charge < -0.3 is 5.32 Å². The van der Waals surface area contributed by atoms with Gasteiger partial charge in [-0.25, -0.2) is 8.78 Å². The number of benzene rings is 2. The van der Waals surface area contributed by atoms with Crippen LogP contribution in [-0.4, -0.2) is 12.3 Å². The molecule has 0 amide bonds. The molecular formula is C16H14F2N2S. The number of nitrogens with zero attached hydrogens (tertiary/aromatic N) is 1. The van der Waals surface area contributed by atoms with Crippen LogP contribution in [0.5, 0.6) is 0 Å². The zero-order chi connectivity index (χ0) is 15.1. The molecule has 0 fully saturated rings. The highest BCUT2D eigenvalue weighted by Gasteiger charge is 2.10. The van der Waals surface area contributed by atoms with E-state index in [1.54, 1.807) is 17.8 Å². The summed E-state index contributed by atoms with van der Waals surface area (Å²) in [6.07, 6.45) is 0. The summed E-state index contributed by atoms with van der Waals surface area (Å²) in [6.45, 7) is 0.747. The maximum Gasteiger partial charge on any atom is 0.131 e. The largest absolute Gasteiger partial charge is 0.312 e. The minimum atomic E-state index is -0.685. The zero-order valence-electron chi connectivity index (χ0n) is 11.3. The van der Waals surface area contributed by atoms with E-state index in [-0.39, 0.29) is 17.7 Å². The maximum atomic E-state index is 13.6. The van der Waals surface area contributed by atoms with Gasteiger partial charge >= 0.3 is 0 Å². The van der Waals surface area contributed by atoms with E-state index in [1.807, 2.05) is 30.3 Å². The molecular weight excluding hydrogens is 290 g/mol. The van der Waals surface area contributed by atoms with Crippen molar-refractivity contribution in [1.29, 1.82) is 5.26 Å². The SMILES string of the molecule is N#Cc1cc(F)c(CNCCSc2ccccc2)c(F)c1. The first-order valence-corrected chi connectivity index (χ1v) is 7.46. The van der Waals surface area contributed by atoms with E-state index in [0.29, 0.717) is 6.54 Å². The predicted molar refractivity (Wildman–Crippen MR) is 79.9 cm³/mol. The highest BCUT2D eigenvalue weighted by Crippen LogP contribution is 2.17. The molecule has 0 aliphatic heterocycles. The van der Waals surface area contributed by atoms with E-state index in [2.05, 4.69) is 5.32 Å². The van der Waals surface area contributed by atoms with E-state index < -0.39 is 11.6 Å². The zero-order valence-corrected chi connectivity index (χ0v) is 12.1. The van der Waals surface area contributed by atoms with Crippen LogP contribution in [0, 0.1) is 23.0 Å². The Kier molecular flexibility index (Phi) is 5.73. The van der Waals surface area contributed by atoms with Crippen molar-refractivity contribution >= 4 is 11.8 Å². The van der Waals surface area contributed by atoms with Crippen molar-refractivity contribution in [3.63, 3.8) is 0 Å². The van der Waals surface area contributed by atoms with Crippen molar-refractivity contribution in [2.75, 3.05) is 12.3 Å². The third kappa shape index (κ3) is 4.55. The van der Waals surface area contributed by atoms with Gasteiger partial charge in [-0.05, 0) is 24.3 Å². The monoisotopic (exact) mass is 304 g/mol. The van der Waals surface area contributed by atoms with Crippen LogP contribution in [0.25, 0.3) is 0 Å².